The average molecular weight is 438 g/mol. The van der Waals surface area contributed by atoms with Crippen LogP contribution in [0, 0.1) is 6.92 Å². The van der Waals surface area contributed by atoms with Gasteiger partial charge in [-0.3, -0.25) is 9.36 Å². The van der Waals surface area contributed by atoms with E-state index in [1.807, 2.05) is 11.5 Å². The number of aryl methyl sites for hydroxylation is 1. The Morgan fingerprint density at radius 2 is 1.72 bits per heavy atom. The van der Waals surface area contributed by atoms with Crippen molar-refractivity contribution in [2.75, 3.05) is 10.6 Å². The van der Waals surface area contributed by atoms with Crippen molar-refractivity contribution in [1.82, 2.24) is 19.5 Å². The number of hydrogen-bond acceptors (Lipinski definition) is 5. The van der Waals surface area contributed by atoms with Gasteiger partial charge < -0.3 is 10.6 Å². The van der Waals surface area contributed by atoms with Gasteiger partial charge in [-0.1, -0.05) is 6.07 Å². The van der Waals surface area contributed by atoms with E-state index in [9.17, 15) is 18.0 Å². The predicted octanol–water partition coefficient (Wildman–Crippen LogP) is 4.99. The Morgan fingerprint density at radius 1 is 0.969 bits per heavy atom. The largest absolute Gasteiger partial charge is 0.416 e. The molecule has 0 spiro atoms. The molecular formula is C22H17F3N6O. The number of hydrogen-bond donors (Lipinski definition) is 2. The number of nitrogens with zero attached hydrogens (tertiary/aromatic N) is 4. The maximum Gasteiger partial charge on any atom is 0.416 e. The highest BCUT2D eigenvalue weighted by Crippen LogP contribution is 2.29. The summed E-state index contributed by atoms with van der Waals surface area (Å²) in [5.74, 6) is 1.37. The third-order valence-corrected chi connectivity index (χ3v) is 4.59. The molecule has 4 rings (SSSR count). The van der Waals surface area contributed by atoms with Crippen molar-refractivity contribution >= 4 is 23.1 Å². The number of halogens is 3. The van der Waals surface area contributed by atoms with E-state index in [0.29, 0.717) is 23.0 Å². The van der Waals surface area contributed by atoms with Crippen LogP contribution in [0.25, 0.3) is 5.82 Å². The Kier molecular flexibility index (Phi) is 5.59. The fraction of sp³-hybridized carbons (Fsp3) is 0.0909. The van der Waals surface area contributed by atoms with Crippen LogP contribution >= 0.6 is 0 Å². The Labute approximate surface area is 181 Å². The van der Waals surface area contributed by atoms with Gasteiger partial charge in [-0.05, 0) is 49.4 Å². The first-order chi connectivity index (χ1) is 15.3. The van der Waals surface area contributed by atoms with Crippen LogP contribution in [-0.4, -0.2) is 25.4 Å². The molecule has 0 fully saturated rings. The fourth-order valence-electron chi connectivity index (χ4n) is 2.99. The minimum Gasteiger partial charge on any atom is -0.340 e. The monoisotopic (exact) mass is 438 g/mol. The van der Waals surface area contributed by atoms with Crippen molar-refractivity contribution < 1.29 is 18.0 Å². The molecule has 7 nitrogen and oxygen atoms in total. The average Bonchev–Trinajstić information content (AvgIpc) is 3.21. The van der Waals surface area contributed by atoms with Gasteiger partial charge in [-0.15, -0.1) is 0 Å². The first kappa shape index (κ1) is 21.0. The van der Waals surface area contributed by atoms with Gasteiger partial charge in [-0.2, -0.15) is 13.2 Å². The van der Waals surface area contributed by atoms with Crippen LogP contribution in [0.5, 0.6) is 0 Å². The van der Waals surface area contributed by atoms with Gasteiger partial charge in [0.1, 0.15) is 23.8 Å². The number of anilines is 3. The predicted molar refractivity (Wildman–Crippen MR) is 113 cm³/mol. The number of nitrogens with one attached hydrogen (secondary N) is 2. The molecule has 0 saturated carbocycles. The molecule has 4 aromatic rings. The molecule has 1 amide bonds. The van der Waals surface area contributed by atoms with E-state index in [2.05, 4.69) is 25.6 Å². The third kappa shape index (κ3) is 4.75. The lowest BCUT2D eigenvalue weighted by Crippen LogP contribution is -2.13. The van der Waals surface area contributed by atoms with Crippen molar-refractivity contribution in [2.24, 2.45) is 0 Å². The smallest absolute Gasteiger partial charge is 0.340 e. The van der Waals surface area contributed by atoms with E-state index in [-0.39, 0.29) is 5.56 Å². The van der Waals surface area contributed by atoms with E-state index in [1.54, 1.807) is 42.7 Å². The summed E-state index contributed by atoms with van der Waals surface area (Å²) >= 11 is 0. The van der Waals surface area contributed by atoms with E-state index >= 15 is 0 Å². The summed E-state index contributed by atoms with van der Waals surface area (Å²) in [5.41, 5.74) is 0.189. The van der Waals surface area contributed by atoms with Crippen molar-refractivity contribution in [3.63, 3.8) is 0 Å². The zero-order valence-electron chi connectivity index (χ0n) is 16.8. The highest BCUT2D eigenvalue weighted by atomic mass is 19.4. The van der Waals surface area contributed by atoms with Crippen molar-refractivity contribution in [3.8, 4) is 5.82 Å². The normalized spacial score (nSPS) is 11.2. The van der Waals surface area contributed by atoms with Gasteiger partial charge in [0.15, 0.2) is 0 Å². The summed E-state index contributed by atoms with van der Waals surface area (Å²) < 4.78 is 40.4. The van der Waals surface area contributed by atoms with Crippen LogP contribution in [0.1, 0.15) is 21.7 Å². The lowest BCUT2D eigenvalue weighted by atomic mass is 10.1. The third-order valence-electron chi connectivity index (χ3n) is 4.59. The van der Waals surface area contributed by atoms with Crippen LogP contribution in [0.15, 0.2) is 73.3 Å². The highest BCUT2D eigenvalue weighted by molar-refractivity contribution is 6.04. The van der Waals surface area contributed by atoms with Crippen LogP contribution in [0.4, 0.5) is 30.4 Å². The number of alkyl halides is 3. The molecule has 0 radical (unpaired) electrons. The molecule has 2 heterocycles. The molecule has 2 aromatic heterocycles. The molecule has 0 aliphatic carbocycles. The minimum atomic E-state index is -4.51. The minimum absolute atomic E-state index is 0.0784. The van der Waals surface area contributed by atoms with Crippen LogP contribution in [-0.2, 0) is 6.18 Å². The number of rotatable bonds is 5. The molecule has 2 N–H and O–H groups in total. The van der Waals surface area contributed by atoms with Crippen LogP contribution in [0.2, 0.25) is 0 Å². The first-order valence-electron chi connectivity index (χ1n) is 9.48. The molecule has 10 heteroatoms. The molecule has 162 valence electrons. The molecular weight excluding hydrogens is 421 g/mol. The van der Waals surface area contributed by atoms with E-state index in [1.165, 1.54) is 18.5 Å². The second-order valence-corrected chi connectivity index (χ2v) is 6.84. The molecule has 2 aromatic carbocycles. The van der Waals surface area contributed by atoms with Crippen LogP contribution in [0.3, 0.4) is 0 Å². The molecule has 0 saturated heterocycles. The van der Waals surface area contributed by atoms with Gasteiger partial charge in [0, 0.05) is 35.4 Å². The molecule has 0 atom stereocenters. The Morgan fingerprint density at radius 3 is 2.41 bits per heavy atom. The van der Waals surface area contributed by atoms with Crippen molar-refractivity contribution in [2.45, 2.75) is 13.1 Å². The topological polar surface area (TPSA) is 84.7 Å². The summed E-state index contributed by atoms with van der Waals surface area (Å²) in [5, 5.41) is 5.73. The zero-order valence-corrected chi connectivity index (χ0v) is 16.8. The summed E-state index contributed by atoms with van der Waals surface area (Å²) in [6.07, 6.45) is 0.391. The van der Waals surface area contributed by atoms with E-state index in [4.69, 9.17) is 0 Å². The molecule has 0 bridgehead atoms. The SMILES string of the molecule is Cc1nccn1-c1cc(Nc2ccc(NC(=O)c3cccc(C(F)(F)F)c3)cc2)ncn1. The maximum atomic E-state index is 12.9. The summed E-state index contributed by atoms with van der Waals surface area (Å²) in [6, 6.07) is 12.7. The number of aromatic nitrogens is 4. The molecule has 32 heavy (non-hydrogen) atoms. The van der Waals surface area contributed by atoms with Crippen LogP contribution < -0.4 is 10.6 Å². The van der Waals surface area contributed by atoms with Gasteiger partial charge >= 0.3 is 6.18 Å². The Bertz CT molecular complexity index is 1250. The number of carbonyl (C=O) groups excluding carboxylic acids is 1. The molecule has 0 unspecified atom stereocenters. The lowest BCUT2D eigenvalue weighted by Gasteiger charge is -2.11. The van der Waals surface area contributed by atoms with Crippen molar-refractivity contribution in [1.29, 1.82) is 0 Å². The summed E-state index contributed by atoms with van der Waals surface area (Å²) in [4.78, 5) is 24.9. The van der Waals surface area contributed by atoms with E-state index in [0.717, 1.165) is 18.0 Å². The van der Waals surface area contributed by atoms with Crippen molar-refractivity contribution in [3.05, 3.63) is 90.3 Å². The number of benzene rings is 2. The second-order valence-electron chi connectivity index (χ2n) is 6.84. The summed E-state index contributed by atoms with van der Waals surface area (Å²) in [7, 11) is 0. The Balaban J connectivity index is 1.44. The zero-order chi connectivity index (χ0) is 22.7. The van der Waals surface area contributed by atoms with E-state index < -0.39 is 17.6 Å². The first-order valence-corrected chi connectivity index (χ1v) is 9.48. The fourth-order valence-corrected chi connectivity index (χ4v) is 2.99. The molecule has 0 aliphatic heterocycles. The second kappa shape index (κ2) is 8.50. The molecule has 0 aliphatic rings. The van der Waals surface area contributed by atoms with Gasteiger partial charge in [0.25, 0.3) is 5.91 Å². The lowest BCUT2D eigenvalue weighted by molar-refractivity contribution is -0.137. The standard InChI is InChI=1S/C22H17F3N6O/c1-14-26-9-10-31(14)20-12-19(27-13-28-20)29-17-5-7-18(8-6-17)30-21(32)15-3-2-4-16(11-15)22(23,24)25/h2-13H,1H3,(H,30,32)(H,27,28,29). The Hall–Kier alpha value is -4.21. The van der Waals surface area contributed by atoms with Gasteiger partial charge in [0.05, 0.1) is 5.56 Å². The number of imidazole rings is 1. The summed E-state index contributed by atoms with van der Waals surface area (Å²) in [6.45, 7) is 1.86. The quantitative estimate of drug-likeness (QED) is 0.459. The van der Waals surface area contributed by atoms with Gasteiger partial charge in [-0.25, -0.2) is 15.0 Å². The van der Waals surface area contributed by atoms with Gasteiger partial charge in [0.2, 0.25) is 0 Å². The number of amides is 1. The number of carbonyl (C=O) groups is 1. The maximum absolute atomic E-state index is 12.9. The highest BCUT2D eigenvalue weighted by Gasteiger charge is 2.30.